The predicted octanol–water partition coefficient (Wildman–Crippen LogP) is 1.40. The van der Waals surface area contributed by atoms with E-state index in [2.05, 4.69) is 17.0 Å². The summed E-state index contributed by atoms with van der Waals surface area (Å²) in [4.78, 5) is 22.2. The topological polar surface area (TPSA) is 45.7 Å². The number of hydrogen-bond acceptors (Lipinski definition) is 5. The highest BCUT2D eigenvalue weighted by atomic mass is 35.5. The first-order chi connectivity index (χ1) is 14.1. The van der Waals surface area contributed by atoms with Crippen molar-refractivity contribution < 1.29 is 21.9 Å². The number of aromatic nitrogens is 1. The van der Waals surface area contributed by atoms with Gasteiger partial charge in [-0.1, -0.05) is 23.5 Å². The molecule has 0 atom stereocenters. The number of hydrogen-bond donors (Lipinski definition) is 0. The summed E-state index contributed by atoms with van der Waals surface area (Å²) >= 11 is 1.53. The van der Waals surface area contributed by atoms with Crippen molar-refractivity contribution in [3.8, 4) is 5.75 Å². The Hall–Kier alpha value is -2.15. The number of amides is 1. The highest BCUT2D eigenvalue weighted by Gasteiger charge is 2.23. The minimum absolute atomic E-state index is 0. The van der Waals surface area contributed by atoms with Crippen LogP contribution in [-0.4, -0.2) is 50.1 Å². The smallest absolute Gasteiger partial charge is 0.260 e. The zero-order valence-electron chi connectivity index (χ0n) is 17.7. The van der Waals surface area contributed by atoms with Gasteiger partial charge in [-0.15, -0.1) is 0 Å². The van der Waals surface area contributed by atoms with Crippen molar-refractivity contribution in [2.75, 3.05) is 39.2 Å². The average Bonchev–Trinajstić information content (AvgIpc) is 3.17. The Kier molecular flexibility index (Phi) is 7.34. The number of fused-ring (bicyclic) bond motifs is 2. The van der Waals surface area contributed by atoms with Gasteiger partial charge in [-0.05, 0) is 75.2 Å². The van der Waals surface area contributed by atoms with E-state index in [-0.39, 0.29) is 18.3 Å². The summed E-state index contributed by atoms with van der Waals surface area (Å²) in [5.41, 5.74) is 4.26. The third kappa shape index (κ3) is 4.61. The number of benzene rings is 2. The number of nitrogens with zero attached hydrogens (tertiary/aromatic N) is 3. The maximum absolute atomic E-state index is 13.5. The van der Waals surface area contributed by atoms with E-state index in [0.717, 1.165) is 40.9 Å². The van der Waals surface area contributed by atoms with Crippen molar-refractivity contribution in [3.63, 3.8) is 0 Å². The van der Waals surface area contributed by atoms with Gasteiger partial charge in [0.05, 0.1) is 11.8 Å². The molecule has 2 aromatic carbocycles. The first-order valence-corrected chi connectivity index (χ1v) is 10.9. The van der Waals surface area contributed by atoms with Crippen molar-refractivity contribution in [2.45, 2.75) is 25.7 Å². The number of methoxy groups -OCH3 is 1. The number of anilines is 1. The SMILES string of the molecule is COc1cccc2sc(N(CCN(C)C)C(=O)c3ccc4c(c3)CCCC4)nc12.[Cl-]. The fourth-order valence-corrected chi connectivity index (χ4v) is 4.81. The molecule has 1 aliphatic rings. The molecule has 0 spiro atoms. The second-order valence-electron chi connectivity index (χ2n) is 7.75. The molecule has 0 saturated heterocycles. The van der Waals surface area contributed by atoms with Gasteiger partial charge in [0.1, 0.15) is 11.3 Å². The average molecular weight is 445 g/mol. The first-order valence-electron chi connectivity index (χ1n) is 10.1. The molecule has 1 amide bonds. The van der Waals surface area contributed by atoms with E-state index >= 15 is 0 Å². The molecule has 0 radical (unpaired) electrons. The predicted molar refractivity (Wildman–Crippen MR) is 119 cm³/mol. The Morgan fingerprint density at radius 3 is 2.60 bits per heavy atom. The molecule has 0 bridgehead atoms. The summed E-state index contributed by atoms with van der Waals surface area (Å²) < 4.78 is 6.48. The van der Waals surface area contributed by atoms with Crippen LogP contribution in [0.4, 0.5) is 5.13 Å². The van der Waals surface area contributed by atoms with Gasteiger partial charge in [-0.3, -0.25) is 9.69 Å². The molecular formula is C23H27ClN3O2S-. The van der Waals surface area contributed by atoms with Crippen LogP contribution in [0.5, 0.6) is 5.75 Å². The third-order valence-electron chi connectivity index (χ3n) is 5.43. The molecule has 5 nitrogen and oxygen atoms in total. The van der Waals surface area contributed by atoms with Gasteiger partial charge in [0.2, 0.25) is 0 Å². The van der Waals surface area contributed by atoms with Crippen LogP contribution in [0.3, 0.4) is 0 Å². The molecule has 0 aliphatic heterocycles. The van der Waals surface area contributed by atoms with E-state index in [9.17, 15) is 4.79 Å². The number of carbonyl (C=O) groups excluding carboxylic acids is 1. The molecule has 1 aliphatic carbocycles. The van der Waals surface area contributed by atoms with E-state index in [1.165, 1.54) is 35.3 Å². The van der Waals surface area contributed by atoms with Crippen molar-refractivity contribution >= 4 is 32.6 Å². The molecule has 0 saturated carbocycles. The maximum Gasteiger partial charge on any atom is 0.260 e. The summed E-state index contributed by atoms with van der Waals surface area (Å²) in [5, 5.41) is 0.717. The summed E-state index contributed by atoms with van der Waals surface area (Å²) in [6.45, 7) is 1.36. The summed E-state index contributed by atoms with van der Waals surface area (Å²) in [7, 11) is 5.68. The fraction of sp³-hybridized carbons (Fsp3) is 0.391. The van der Waals surface area contributed by atoms with Crippen LogP contribution in [0.1, 0.15) is 34.3 Å². The van der Waals surface area contributed by atoms with Crippen LogP contribution in [0, 0.1) is 0 Å². The lowest BCUT2D eigenvalue weighted by Crippen LogP contribution is -3.00. The van der Waals surface area contributed by atoms with E-state index in [1.54, 1.807) is 7.11 Å². The highest BCUT2D eigenvalue weighted by molar-refractivity contribution is 7.22. The Labute approximate surface area is 188 Å². The van der Waals surface area contributed by atoms with E-state index < -0.39 is 0 Å². The molecule has 30 heavy (non-hydrogen) atoms. The number of ether oxygens (including phenoxy) is 1. The Bertz CT molecular complexity index is 1030. The van der Waals surface area contributed by atoms with Crippen LogP contribution in [-0.2, 0) is 12.8 Å². The highest BCUT2D eigenvalue weighted by Crippen LogP contribution is 2.34. The normalized spacial score (nSPS) is 13.1. The molecule has 3 aromatic rings. The minimum atomic E-state index is 0. The van der Waals surface area contributed by atoms with Gasteiger partial charge in [-0.2, -0.15) is 0 Å². The quantitative estimate of drug-likeness (QED) is 0.576. The van der Waals surface area contributed by atoms with Crippen molar-refractivity contribution in [2.24, 2.45) is 0 Å². The van der Waals surface area contributed by atoms with Crippen LogP contribution in [0.15, 0.2) is 36.4 Å². The molecule has 0 unspecified atom stereocenters. The number of aryl methyl sites for hydroxylation is 2. The zero-order valence-corrected chi connectivity index (χ0v) is 19.2. The number of halogens is 1. The minimum Gasteiger partial charge on any atom is -1.00 e. The van der Waals surface area contributed by atoms with Crippen LogP contribution < -0.4 is 22.0 Å². The molecule has 0 N–H and O–H groups in total. The first kappa shape index (κ1) is 22.5. The van der Waals surface area contributed by atoms with E-state index in [1.807, 2.05) is 43.3 Å². The lowest BCUT2D eigenvalue weighted by Gasteiger charge is -2.23. The van der Waals surface area contributed by atoms with Crippen molar-refractivity contribution in [1.82, 2.24) is 9.88 Å². The van der Waals surface area contributed by atoms with Gasteiger partial charge in [-0.25, -0.2) is 4.98 Å². The zero-order chi connectivity index (χ0) is 20.4. The van der Waals surface area contributed by atoms with E-state index in [4.69, 9.17) is 9.72 Å². The Morgan fingerprint density at radius 2 is 1.87 bits per heavy atom. The third-order valence-corrected chi connectivity index (χ3v) is 6.48. The van der Waals surface area contributed by atoms with Crippen molar-refractivity contribution in [3.05, 3.63) is 53.1 Å². The van der Waals surface area contributed by atoms with Crippen LogP contribution in [0.25, 0.3) is 10.2 Å². The molecule has 1 heterocycles. The number of thiazole rings is 1. The van der Waals surface area contributed by atoms with Gasteiger partial charge in [0.15, 0.2) is 5.13 Å². The van der Waals surface area contributed by atoms with Crippen LogP contribution in [0.2, 0.25) is 0 Å². The molecule has 160 valence electrons. The van der Waals surface area contributed by atoms with Crippen molar-refractivity contribution in [1.29, 1.82) is 0 Å². The number of likely N-dealkylation sites (N-methyl/N-ethyl adjacent to an activating group) is 1. The Balaban J connectivity index is 0.00000256. The van der Waals surface area contributed by atoms with Gasteiger partial charge in [0, 0.05) is 18.7 Å². The second kappa shape index (κ2) is 9.77. The number of carbonyl (C=O) groups is 1. The summed E-state index contributed by atoms with van der Waals surface area (Å²) in [5.74, 6) is 0.747. The lowest BCUT2D eigenvalue weighted by atomic mass is 9.90. The summed E-state index contributed by atoms with van der Waals surface area (Å²) in [6, 6.07) is 12.1. The summed E-state index contributed by atoms with van der Waals surface area (Å²) in [6.07, 6.45) is 4.62. The Morgan fingerprint density at radius 1 is 1.10 bits per heavy atom. The van der Waals surface area contributed by atoms with E-state index in [0.29, 0.717) is 11.7 Å². The molecular weight excluding hydrogens is 418 g/mol. The molecule has 1 aromatic heterocycles. The molecule has 0 fully saturated rings. The number of rotatable bonds is 6. The lowest BCUT2D eigenvalue weighted by molar-refractivity contribution is -0.0000139. The van der Waals surface area contributed by atoms with Crippen LogP contribution >= 0.6 is 11.3 Å². The molecule has 7 heteroatoms. The van der Waals surface area contributed by atoms with Gasteiger partial charge < -0.3 is 22.0 Å². The monoisotopic (exact) mass is 444 g/mol. The standard InChI is InChI=1S/C23H27N3O2S.ClH/c1-25(2)13-14-26(23-24-21-19(28-3)9-6-10-20(21)29-23)22(27)18-12-11-16-7-4-5-8-17(16)15-18;/h6,9-12,15H,4-5,7-8,13-14H2,1-3H3;1H/p-1. The van der Waals surface area contributed by atoms with Gasteiger partial charge in [0.25, 0.3) is 5.91 Å². The largest absolute Gasteiger partial charge is 1.00 e. The van der Waals surface area contributed by atoms with Gasteiger partial charge >= 0.3 is 0 Å². The number of para-hydroxylation sites is 1. The fourth-order valence-electron chi connectivity index (χ4n) is 3.80. The second-order valence-corrected chi connectivity index (χ2v) is 8.76. The molecule has 4 rings (SSSR count). The maximum atomic E-state index is 13.5.